The second-order valence-electron chi connectivity index (χ2n) is 4.92. The second kappa shape index (κ2) is 8.45. The Balaban J connectivity index is 1.89. The molecule has 0 bridgehead atoms. The van der Waals surface area contributed by atoms with Crippen molar-refractivity contribution in [3.05, 3.63) is 59.7 Å². The zero-order chi connectivity index (χ0) is 14.9. The van der Waals surface area contributed by atoms with Gasteiger partial charge in [0.05, 0.1) is 6.61 Å². The molecule has 112 valence electrons. The fraction of sp³-hybridized carbons (Fsp3) is 0.333. The lowest BCUT2D eigenvalue weighted by molar-refractivity contribution is 0.199. The molecule has 0 aliphatic heterocycles. The molecule has 0 spiro atoms. The fourth-order valence-electron chi connectivity index (χ4n) is 2.05. The van der Waals surface area contributed by atoms with Gasteiger partial charge in [-0.05, 0) is 41.8 Å². The molecule has 2 aromatic carbocycles. The van der Waals surface area contributed by atoms with E-state index in [0.717, 1.165) is 37.6 Å². The molecule has 0 fully saturated rings. The molecule has 0 amide bonds. The molecular weight excluding hydrogens is 262 g/mol. The number of hydrogen-bond donors (Lipinski definition) is 1. The number of ether oxygens (including phenoxy) is 2. The Morgan fingerprint density at radius 1 is 0.952 bits per heavy atom. The summed E-state index contributed by atoms with van der Waals surface area (Å²) < 4.78 is 10.9. The first-order valence-electron chi connectivity index (χ1n) is 7.37. The smallest absolute Gasteiger partial charge is 0.127 e. The lowest BCUT2D eigenvalue weighted by Gasteiger charge is -2.08. The molecule has 0 unspecified atom stereocenters. The van der Waals surface area contributed by atoms with Gasteiger partial charge in [0.1, 0.15) is 11.5 Å². The summed E-state index contributed by atoms with van der Waals surface area (Å²) in [6.45, 7) is 4.58. The molecule has 2 rings (SSSR count). The minimum atomic E-state index is 0.731. The summed E-state index contributed by atoms with van der Waals surface area (Å²) in [5, 5.41) is 3.32. The summed E-state index contributed by atoms with van der Waals surface area (Å²) in [6.07, 6.45) is 1.02. The van der Waals surface area contributed by atoms with Crippen LogP contribution in [0.2, 0.25) is 0 Å². The predicted molar refractivity (Wildman–Crippen MR) is 85.9 cm³/mol. The van der Waals surface area contributed by atoms with Crippen molar-refractivity contribution in [3.63, 3.8) is 0 Å². The van der Waals surface area contributed by atoms with E-state index in [1.54, 1.807) is 7.11 Å². The topological polar surface area (TPSA) is 30.5 Å². The highest BCUT2D eigenvalue weighted by Gasteiger charge is 1.99. The summed E-state index contributed by atoms with van der Waals surface area (Å²) in [5.74, 6) is 1.75. The number of rotatable bonds is 8. The van der Waals surface area contributed by atoms with E-state index in [1.807, 2.05) is 24.3 Å². The van der Waals surface area contributed by atoms with Gasteiger partial charge in [-0.15, -0.1) is 0 Å². The molecule has 1 N–H and O–H groups in total. The number of hydrogen-bond acceptors (Lipinski definition) is 3. The van der Waals surface area contributed by atoms with E-state index in [-0.39, 0.29) is 0 Å². The van der Waals surface area contributed by atoms with Gasteiger partial charge in [0, 0.05) is 20.2 Å². The highest BCUT2D eigenvalue weighted by molar-refractivity contribution is 5.35. The quantitative estimate of drug-likeness (QED) is 0.749. The van der Waals surface area contributed by atoms with Crippen LogP contribution < -0.4 is 10.1 Å². The Hall–Kier alpha value is -1.84. The molecule has 0 heterocycles. The molecular formula is C18H23NO2. The summed E-state index contributed by atoms with van der Waals surface area (Å²) in [5.41, 5.74) is 2.52. The minimum absolute atomic E-state index is 0.731. The number of nitrogens with one attached hydrogen (secondary N) is 1. The van der Waals surface area contributed by atoms with E-state index in [4.69, 9.17) is 9.47 Å². The lowest BCUT2D eigenvalue weighted by atomic mass is 10.1. The summed E-state index contributed by atoms with van der Waals surface area (Å²) in [6, 6.07) is 16.4. The van der Waals surface area contributed by atoms with Crippen LogP contribution in [0.1, 0.15) is 18.1 Å². The van der Waals surface area contributed by atoms with Gasteiger partial charge < -0.3 is 14.8 Å². The lowest BCUT2D eigenvalue weighted by Crippen LogP contribution is -2.18. The third-order valence-corrected chi connectivity index (χ3v) is 3.28. The van der Waals surface area contributed by atoms with E-state index >= 15 is 0 Å². The van der Waals surface area contributed by atoms with Crippen LogP contribution in [-0.2, 0) is 17.7 Å². The summed E-state index contributed by atoms with van der Waals surface area (Å²) >= 11 is 0. The molecule has 0 radical (unpaired) electrons. The second-order valence-corrected chi connectivity index (χ2v) is 4.92. The van der Waals surface area contributed by atoms with E-state index in [0.29, 0.717) is 0 Å². The van der Waals surface area contributed by atoms with Gasteiger partial charge in [-0.25, -0.2) is 0 Å². The molecule has 3 nitrogen and oxygen atoms in total. The first kappa shape index (κ1) is 15.5. The van der Waals surface area contributed by atoms with Gasteiger partial charge in [0.25, 0.3) is 0 Å². The number of benzene rings is 2. The van der Waals surface area contributed by atoms with Crippen molar-refractivity contribution in [3.8, 4) is 11.5 Å². The molecule has 0 aliphatic rings. The molecule has 0 atom stereocenters. The van der Waals surface area contributed by atoms with Crippen LogP contribution in [0.15, 0.2) is 48.5 Å². The Bertz CT molecular complexity index is 537. The third kappa shape index (κ3) is 5.21. The molecule has 0 saturated heterocycles. The van der Waals surface area contributed by atoms with E-state index in [2.05, 4.69) is 36.5 Å². The molecule has 0 aromatic heterocycles. The van der Waals surface area contributed by atoms with Crippen molar-refractivity contribution in [1.29, 1.82) is 0 Å². The van der Waals surface area contributed by atoms with Gasteiger partial charge in [-0.3, -0.25) is 0 Å². The number of methoxy groups -OCH3 is 1. The van der Waals surface area contributed by atoms with Crippen LogP contribution in [0.3, 0.4) is 0 Å². The SMILES string of the molecule is CCc1cccc(Oc2ccc(CNCCOC)cc2)c1. The average molecular weight is 285 g/mol. The minimum Gasteiger partial charge on any atom is -0.457 e. The Labute approximate surface area is 126 Å². The number of aryl methyl sites for hydroxylation is 1. The highest BCUT2D eigenvalue weighted by atomic mass is 16.5. The van der Waals surface area contributed by atoms with Crippen LogP contribution in [0.4, 0.5) is 0 Å². The summed E-state index contributed by atoms with van der Waals surface area (Å²) in [4.78, 5) is 0. The first-order valence-corrected chi connectivity index (χ1v) is 7.37. The maximum atomic E-state index is 5.88. The predicted octanol–water partition coefficient (Wildman–Crippen LogP) is 3.78. The van der Waals surface area contributed by atoms with Crippen molar-refractivity contribution in [2.75, 3.05) is 20.3 Å². The van der Waals surface area contributed by atoms with Crippen molar-refractivity contribution in [2.24, 2.45) is 0 Å². The van der Waals surface area contributed by atoms with Gasteiger partial charge in [-0.2, -0.15) is 0 Å². The zero-order valence-corrected chi connectivity index (χ0v) is 12.8. The molecule has 3 heteroatoms. The van der Waals surface area contributed by atoms with E-state index in [9.17, 15) is 0 Å². The maximum Gasteiger partial charge on any atom is 0.127 e. The molecule has 2 aromatic rings. The average Bonchev–Trinajstić information content (AvgIpc) is 2.53. The Morgan fingerprint density at radius 3 is 2.48 bits per heavy atom. The van der Waals surface area contributed by atoms with Gasteiger partial charge in [0.15, 0.2) is 0 Å². The third-order valence-electron chi connectivity index (χ3n) is 3.28. The van der Waals surface area contributed by atoms with Crippen molar-refractivity contribution in [2.45, 2.75) is 19.9 Å². The fourth-order valence-corrected chi connectivity index (χ4v) is 2.05. The van der Waals surface area contributed by atoms with Crippen molar-refractivity contribution >= 4 is 0 Å². The normalized spacial score (nSPS) is 10.6. The molecule has 0 aliphatic carbocycles. The monoisotopic (exact) mass is 285 g/mol. The van der Waals surface area contributed by atoms with Crippen LogP contribution in [0.5, 0.6) is 11.5 Å². The highest BCUT2D eigenvalue weighted by Crippen LogP contribution is 2.22. The van der Waals surface area contributed by atoms with Crippen molar-refractivity contribution < 1.29 is 9.47 Å². The Kier molecular flexibility index (Phi) is 6.25. The van der Waals surface area contributed by atoms with E-state index < -0.39 is 0 Å². The van der Waals surface area contributed by atoms with Crippen molar-refractivity contribution in [1.82, 2.24) is 5.32 Å². The zero-order valence-electron chi connectivity index (χ0n) is 12.8. The standard InChI is InChI=1S/C18H23NO2/c1-3-15-5-4-6-18(13-15)21-17-9-7-16(8-10-17)14-19-11-12-20-2/h4-10,13,19H,3,11-12,14H2,1-2H3. The van der Waals surface area contributed by atoms with Gasteiger partial charge in [0.2, 0.25) is 0 Å². The van der Waals surface area contributed by atoms with E-state index in [1.165, 1.54) is 11.1 Å². The first-order chi connectivity index (χ1) is 10.3. The molecule has 0 saturated carbocycles. The largest absolute Gasteiger partial charge is 0.457 e. The maximum absolute atomic E-state index is 5.88. The Morgan fingerprint density at radius 2 is 1.76 bits per heavy atom. The van der Waals surface area contributed by atoms with Crippen LogP contribution in [-0.4, -0.2) is 20.3 Å². The van der Waals surface area contributed by atoms with Gasteiger partial charge in [-0.1, -0.05) is 31.2 Å². The van der Waals surface area contributed by atoms with Crippen LogP contribution in [0, 0.1) is 0 Å². The summed E-state index contributed by atoms with van der Waals surface area (Å²) in [7, 11) is 1.71. The van der Waals surface area contributed by atoms with Crippen LogP contribution >= 0.6 is 0 Å². The van der Waals surface area contributed by atoms with Crippen LogP contribution in [0.25, 0.3) is 0 Å². The van der Waals surface area contributed by atoms with Gasteiger partial charge >= 0.3 is 0 Å². The molecule has 21 heavy (non-hydrogen) atoms.